The van der Waals surface area contributed by atoms with Crippen molar-refractivity contribution < 1.29 is 9.90 Å². The van der Waals surface area contributed by atoms with Crippen molar-refractivity contribution in [1.29, 1.82) is 0 Å². The number of aliphatic hydroxyl groups excluding tert-OH is 1. The van der Waals surface area contributed by atoms with Crippen molar-refractivity contribution in [3.05, 3.63) is 59.9 Å². The second kappa shape index (κ2) is 8.44. The summed E-state index contributed by atoms with van der Waals surface area (Å²) < 4.78 is 0. The van der Waals surface area contributed by atoms with E-state index in [1.54, 1.807) is 18.0 Å². The molecule has 0 saturated heterocycles. The van der Waals surface area contributed by atoms with Gasteiger partial charge in [-0.2, -0.15) is 0 Å². The summed E-state index contributed by atoms with van der Waals surface area (Å²) in [5.41, 5.74) is 1.81. The van der Waals surface area contributed by atoms with E-state index < -0.39 is 0 Å². The van der Waals surface area contributed by atoms with Crippen LogP contribution in [0.25, 0.3) is 0 Å². The second-order valence-corrected chi connectivity index (χ2v) is 5.56. The number of pyridine rings is 1. The molecule has 0 fully saturated rings. The third kappa shape index (κ3) is 5.21. The summed E-state index contributed by atoms with van der Waals surface area (Å²) in [6.45, 7) is 0.580. The van der Waals surface area contributed by atoms with E-state index in [2.05, 4.69) is 10.3 Å². The molecule has 1 aromatic carbocycles. The Morgan fingerprint density at radius 2 is 2.05 bits per heavy atom. The van der Waals surface area contributed by atoms with Gasteiger partial charge in [-0.15, -0.1) is 11.8 Å². The van der Waals surface area contributed by atoms with Gasteiger partial charge in [-0.05, 0) is 42.3 Å². The van der Waals surface area contributed by atoms with Gasteiger partial charge in [-0.25, -0.2) is 0 Å². The number of nitrogens with zero attached hydrogens (tertiary/aromatic N) is 1. The van der Waals surface area contributed by atoms with E-state index in [0.717, 1.165) is 10.6 Å². The normalized spacial score (nSPS) is 10.3. The number of aromatic nitrogens is 1. The maximum atomic E-state index is 11.8. The van der Waals surface area contributed by atoms with Gasteiger partial charge in [-0.1, -0.05) is 6.07 Å². The topological polar surface area (TPSA) is 62.2 Å². The highest BCUT2D eigenvalue weighted by Gasteiger charge is 2.04. The Morgan fingerprint density at radius 3 is 2.71 bits per heavy atom. The number of nitrogens with one attached hydrogen (secondary N) is 1. The summed E-state index contributed by atoms with van der Waals surface area (Å²) in [5, 5.41) is 11.4. The largest absolute Gasteiger partial charge is 0.396 e. The van der Waals surface area contributed by atoms with Crippen LogP contribution in [0.5, 0.6) is 0 Å². The first-order valence-electron chi connectivity index (χ1n) is 6.80. The molecule has 0 atom stereocenters. The van der Waals surface area contributed by atoms with Gasteiger partial charge in [-0.3, -0.25) is 9.78 Å². The van der Waals surface area contributed by atoms with Gasteiger partial charge in [0.2, 0.25) is 0 Å². The first kappa shape index (κ1) is 15.5. The molecule has 21 heavy (non-hydrogen) atoms. The van der Waals surface area contributed by atoms with Crippen LogP contribution in [0.4, 0.5) is 0 Å². The molecule has 0 aliphatic heterocycles. The first-order valence-corrected chi connectivity index (χ1v) is 7.79. The summed E-state index contributed by atoms with van der Waals surface area (Å²) >= 11 is 1.71. The molecule has 4 nitrogen and oxygen atoms in total. The zero-order chi connectivity index (χ0) is 14.9. The van der Waals surface area contributed by atoms with Gasteiger partial charge in [0, 0.05) is 41.8 Å². The van der Waals surface area contributed by atoms with Crippen molar-refractivity contribution in [2.75, 3.05) is 13.2 Å². The molecule has 2 N–H and O–H groups in total. The van der Waals surface area contributed by atoms with E-state index >= 15 is 0 Å². The highest BCUT2D eigenvalue weighted by Crippen LogP contribution is 2.22. The van der Waals surface area contributed by atoms with Crippen LogP contribution < -0.4 is 5.32 Å². The molecule has 2 rings (SSSR count). The minimum atomic E-state index is -0.104. The molecule has 0 aliphatic rings. The molecule has 0 bridgehead atoms. The zero-order valence-electron chi connectivity index (χ0n) is 11.7. The third-order valence-electron chi connectivity index (χ3n) is 2.87. The van der Waals surface area contributed by atoms with E-state index in [1.165, 1.54) is 5.56 Å². The van der Waals surface area contributed by atoms with Gasteiger partial charge < -0.3 is 10.4 Å². The molecule has 0 aliphatic carbocycles. The minimum Gasteiger partial charge on any atom is -0.396 e. The predicted octanol–water partition coefficient (Wildman–Crippen LogP) is 2.49. The van der Waals surface area contributed by atoms with Gasteiger partial charge in [0.25, 0.3) is 5.91 Å². The van der Waals surface area contributed by atoms with Crippen LogP contribution in [0.15, 0.2) is 53.7 Å². The minimum absolute atomic E-state index is 0.0875. The molecular weight excluding hydrogens is 284 g/mol. The average molecular weight is 302 g/mol. The number of carbonyl (C=O) groups excluding carboxylic acids is 1. The van der Waals surface area contributed by atoms with Crippen LogP contribution in [-0.4, -0.2) is 29.1 Å². The molecule has 1 heterocycles. The maximum Gasteiger partial charge on any atom is 0.251 e. The van der Waals surface area contributed by atoms with Crippen molar-refractivity contribution in [3.8, 4) is 0 Å². The lowest BCUT2D eigenvalue weighted by Crippen LogP contribution is -2.24. The number of amides is 1. The van der Waals surface area contributed by atoms with E-state index in [-0.39, 0.29) is 12.5 Å². The molecule has 1 aromatic heterocycles. The maximum absolute atomic E-state index is 11.8. The van der Waals surface area contributed by atoms with Crippen LogP contribution in [0.3, 0.4) is 0 Å². The zero-order valence-corrected chi connectivity index (χ0v) is 12.5. The number of aliphatic hydroxyl groups is 1. The molecule has 0 saturated carbocycles. The van der Waals surface area contributed by atoms with E-state index in [9.17, 15) is 4.79 Å². The predicted molar refractivity (Wildman–Crippen MR) is 84.3 cm³/mol. The van der Waals surface area contributed by atoms with Crippen molar-refractivity contribution in [3.63, 3.8) is 0 Å². The molecular formula is C16H18N2O2S. The van der Waals surface area contributed by atoms with Crippen LogP contribution in [0.1, 0.15) is 22.3 Å². The van der Waals surface area contributed by atoms with Crippen LogP contribution in [0, 0.1) is 0 Å². The van der Waals surface area contributed by atoms with Crippen molar-refractivity contribution >= 4 is 17.7 Å². The van der Waals surface area contributed by atoms with Gasteiger partial charge >= 0.3 is 0 Å². The fourth-order valence-corrected chi connectivity index (χ4v) is 2.57. The smallest absolute Gasteiger partial charge is 0.251 e. The Labute approximate surface area is 128 Å². The fraction of sp³-hybridized carbons (Fsp3) is 0.250. The summed E-state index contributed by atoms with van der Waals surface area (Å²) in [7, 11) is 0. The molecule has 0 spiro atoms. The van der Waals surface area contributed by atoms with Crippen molar-refractivity contribution in [2.45, 2.75) is 17.1 Å². The lowest BCUT2D eigenvalue weighted by molar-refractivity contribution is 0.0951. The second-order valence-electron chi connectivity index (χ2n) is 4.51. The Bertz CT molecular complexity index is 558. The molecule has 0 radical (unpaired) electrons. The van der Waals surface area contributed by atoms with E-state index in [1.807, 2.05) is 42.6 Å². The highest BCUT2D eigenvalue weighted by molar-refractivity contribution is 7.98. The Morgan fingerprint density at radius 1 is 1.24 bits per heavy atom. The molecule has 5 heteroatoms. The average Bonchev–Trinajstić information content (AvgIpc) is 2.54. The summed E-state index contributed by atoms with van der Waals surface area (Å²) in [6.07, 6.45) is 4.19. The van der Waals surface area contributed by atoms with E-state index in [0.29, 0.717) is 18.5 Å². The van der Waals surface area contributed by atoms with Crippen molar-refractivity contribution in [2.24, 2.45) is 0 Å². The first-order chi connectivity index (χ1) is 10.3. The molecule has 0 unspecified atom stereocenters. The summed E-state index contributed by atoms with van der Waals surface area (Å²) in [4.78, 5) is 17.0. The lowest BCUT2D eigenvalue weighted by Gasteiger charge is -2.05. The number of benzene rings is 1. The van der Waals surface area contributed by atoms with Crippen molar-refractivity contribution in [1.82, 2.24) is 10.3 Å². The molecule has 110 valence electrons. The SMILES string of the molecule is O=C(NCCCO)c1ccc(SCc2cccnc2)cc1. The number of rotatable bonds is 7. The van der Waals surface area contributed by atoms with Crippen LogP contribution >= 0.6 is 11.8 Å². The number of carbonyl (C=O) groups is 1. The van der Waals surface area contributed by atoms with Gasteiger partial charge in [0.05, 0.1) is 0 Å². The van der Waals surface area contributed by atoms with Crippen LogP contribution in [0.2, 0.25) is 0 Å². The monoisotopic (exact) mass is 302 g/mol. The summed E-state index contributed by atoms with van der Waals surface area (Å²) in [5.74, 6) is 0.753. The number of hydrogen-bond acceptors (Lipinski definition) is 4. The van der Waals surface area contributed by atoms with E-state index in [4.69, 9.17) is 5.11 Å². The summed E-state index contributed by atoms with van der Waals surface area (Å²) in [6, 6.07) is 11.5. The fourth-order valence-electron chi connectivity index (χ4n) is 1.74. The Kier molecular flexibility index (Phi) is 6.24. The van der Waals surface area contributed by atoms with Gasteiger partial charge in [0.15, 0.2) is 0 Å². The molecule has 1 amide bonds. The standard InChI is InChI=1S/C16H18N2O2S/c19-10-2-9-18-16(20)14-4-6-15(7-5-14)21-12-13-3-1-8-17-11-13/h1,3-8,11,19H,2,9-10,12H2,(H,18,20). The third-order valence-corrected chi connectivity index (χ3v) is 3.95. The lowest BCUT2D eigenvalue weighted by atomic mass is 10.2. The number of hydrogen-bond donors (Lipinski definition) is 2. The number of thioether (sulfide) groups is 1. The van der Waals surface area contributed by atoms with Crippen LogP contribution in [-0.2, 0) is 5.75 Å². The Hall–Kier alpha value is -1.85. The molecule has 2 aromatic rings. The highest BCUT2D eigenvalue weighted by atomic mass is 32.2. The van der Waals surface area contributed by atoms with Gasteiger partial charge in [0.1, 0.15) is 0 Å². The quantitative estimate of drug-likeness (QED) is 0.609. The Balaban J connectivity index is 1.85.